The maximum absolute atomic E-state index is 13.0. The van der Waals surface area contributed by atoms with Crippen LogP contribution in [0.4, 0.5) is 14.5 Å². The van der Waals surface area contributed by atoms with Crippen molar-refractivity contribution >= 4 is 23.4 Å². The Morgan fingerprint density at radius 1 is 1.26 bits per heavy atom. The van der Waals surface area contributed by atoms with Gasteiger partial charge in [0.05, 0.1) is 11.3 Å². The van der Waals surface area contributed by atoms with E-state index in [1.54, 1.807) is 0 Å². The van der Waals surface area contributed by atoms with Gasteiger partial charge in [-0.05, 0) is 24.3 Å². The number of carboxylic acids is 1. The van der Waals surface area contributed by atoms with Gasteiger partial charge in [-0.2, -0.15) is 0 Å². The number of benzene rings is 1. The van der Waals surface area contributed by atoms with Gasteiger partial charge in [-0.1, -0.05) is 11.8 Å². The van der Waals surface area contributed by atoms with Gasteiger partial charge >= 0.3 is 5.97 Å². The molecule has 19 heavy (non-hydrogen) atoms. The highest BCUT2D eigenvalue weighted by molar-refractivity contribution is 7.99. The third-order valence-electron chi connectivity index (χ3n) is 2.23. The van der Waals surface area contributed by atoms with Crippen molar-refractivity contribution in [1.29, 1.82) is 0 Å². The molecule has 0 radical (unpaired) electrons. The topological polar surface area (TPSA) is 76.2 Å². The molecule has 4 nitrogen and oxygen atoms in total. The van der Waals surface area contributed by atoms with Crippen molar-refractivity contribution in [3.05, 3.63) is 47.7 Å². The Balaban J connectivity index is 2.28. The Morgan fingerprint density at radius 2 is 2.00 bits per heavy atom. The lowest BCUT2D eigenvalue weighted by molar-refractivity contribution is 0.0696. The highest BCUT2D eigenvalue weighted by Crippen LogP contribution is 2.31. The summed E-state index contributed by atoms with van der Waals surface area (Å²) in [7, 11) is 0. The standard InChI is InChI=1S/C12H8F2N2O2S/c13-8-2-1-7(4-9(8)14)19-11-10(15)3-6(5-16-11)12(17)18/h1-5H,15H2,(H,17,18). The zero-order chi connectivity index (χ0) is 14.0. The molecular formula is C12H8F2N2O2S. The minimum atomic E-state index is -1.14. The Labute approximate surface area is 111 Å². The predicted molar refractivity (Wildman–Crippen MR) is 66.1 cm³/mol. The smallest absolute Gasteiger partial charge is 0.337 e. The molecule has 3 N–H and O–H groups in total. The molecule has 0 aliphatic rings. The van der Waals surface area contributed by atoms with Crippen molar-refractivity contribution in [3.8, 4) is 0 Å². The molecule has 1 heterocycles. The number of carbonyl (C=O) groups is 1. The molecule has 2 rings (SSSR count). The average Bonchev–Trinajstić information content (AvgIpc) is 2.36. The summed E-state index contributed by atoms with van der Waals surface area (Å²) in [5, 5.41) is 9.09. The first-order valence-corrected chi connectivity index (χ1v) is 5.90. The summed E-state index contributed by atoms with van der Waals surface area (Å²) in [4.78, 5) is 15.0. The molecule has 0 aliphatic carbocycles. The monoisotopic (exact) mass is 282 g/mol. The van der Waals surface area contributed by atoms with Crippen LogP contribution in [0.1, 0.15) is 10.4 Å². The van der Waals surface area contributed by atoms with Crippen LogP contribution in [0.2, 0.25) is 0 Å². The van der Waals surface area contributed by atoms with E-state index in [-0.39, 0.29) is 11.3 Å². The van der Waals surface area contributed by atoms with Crippen LogP contribution in [0, 0.1) is 11.6 Å². The molecule has 1 aromatic carbocycles. The van der Waals surface area contributed by atoms with Gasteiger partial charge in [0.15, 0.2) is 11.6 Å². The third kappa shape index (κ3) is 3.00. The van der Waals surface area contributed by atoms with Crippen molar-refractivity contribution in [2.75, 3.05) is 5.73 Å². The minimum Gasteiger partial charge on any atom is -0.478 e. The van der Waals surface area contributed by atoms with Crippen molar-refractivity contribution in [1.82, 2.24) is 4.98 Å². The van der Waals surface area contributed by atoms with Gasteiger partial charge < -0.3 is 10.8 Å². The number of rotatable bonds is 3. The maximum atomic E-state index is 13.0. The molecule has 98 valence electrons. The zero-order valence-corrected chi connectivity index (χ0v) is 10.2. The molecule has 0 saturated heterocycles. The summed E-state index contributed by atoms with van der Waals surface area (Å²) in [6.45, 7) is 0. The van der Waals surface area contributed by atoms with Crippen LogP contribution in [-0.2, 0) is 0 Å². The quantitative estimate of drug-likeness (QED) is 0.905. The molecule has 0 unspecified atom stereocenters. The Hall–Kier alpha value is -2.15. The normalized spacial score (nSPS) is 10.4. The van der Waals surface area contributed by atoms with Gasteiger partial charge in [-0.15, -0.1) is 0 Å². The van der Waals surface area contributed by atoms with Crippen LogP contribution in [0.5, 0.6) is 0 Å². The van der Waals surface area contributed by atoms with E-state index in [4.69, 9.17) is 10.8 Å². The van der Waals surface area contributed by atoms with Crippen LogP contribution in [0.3, 0.4) is 0 Å². The molecule has 0 saturated carbocycles. The second kappa shape index (κ2) is 5.23. The number of carboxylic acid groups (broad SMARTS) is 1. The number of aromatic carboxylic acids is 1. The highest BCUT2D eigenvalue weighted by atomic mass is 32.2. The average molecular weight is 282 g/mol. The number of halogens is 2. The van der Waals surface area contributed by atoms with Crippen LogP contribution in [0.25, 0.3) is 0 Å². The van der Waals surface area contributed by atoms with E-state index in [1.807, 2.05) is 0 Å². The lowest BCUT2D eigenvalue weighted by Crippen LogP contribution is -2.01. The van der Waals surface area contributed by atoms with Crippen LogP contribution < -0.4 is 5.73 Å². The summed E-state index contributed by atoms with van der Waals surface area (Å²) >= 11 is 1.02. The number of hydrogen-bond acceptors (Lipinski definition) is 4. The van der Waals surface area contributed by atoms with E-state index in [9.17, 15) is 13.6 Å². The van der Waals surface area contributed by atoms with Crippen molar-refractivity contribution < 1.29 is 18.7 Å². The van der Waals surface area contributed by atoms with E-state index < -0.39 is 17.6 Å². The molecule has 0 amide bonds. The second-order valence-electron chi connectivity index (χ2n) is 3.60. The van der Waals surface area contributed by atoms with Gasteiger partial charge in [-0.25, -0.2) is 18.6 Å². The van der Waals surface area contributed by atoms with Gasteiger partial charge in [0, 0.05) is 11.1 Å². The second-order valence-corrected chi connectivity index (χ2v) is 4.66. The highest BCUT2D eigenvalue weighted by Gasteiger charge is 2.10. The van der Waals surface area contributed by atoms with Crippen LogP contribution >= 0.6 is 11.8 Å². The molecule has 0 aliphatic heterocycles. The molecule has 7 heteroatoms. The SMILES string of the molecule is Nc1cc(C(=O)O)cnc1Sc1ccc(F)c(F)c1. The molecular weight excluding hydrogens is 274 g/mol. The molecule has 0 atom stereocenters. The van der Waals surface area contributed by atoms with Crippen molar-refractivity contribution in [2.24, 2.45) is 0 Å². The molecule has 0 fully saturated rings. The number of aromatic nitrogens is 1. The first-order chi connectivity index (χ1) is 8.97. The largest absolute Gasteiger partial charge is 0.478 e. The number of hydrogen-bond donors (Lipinski definition) is 2. The van der Waals surface area contributed by atoms with Gasteiger partial charge in [0.25, 0.3) is 0 Å². The molecule has 2 aromatic rings. The maximum Gasteiger partial charge on any atom is 0.337 e. The van der Waals surface area contributed by atoms with E-state index in [0.717, 1.165) is 30.1 Å². The van der Waals surface area contributed by atoms with E-state index in [0.29, 0.717) is 9.92 Å². The van der Waals surface area contributed by atoms with Gasteiger partial charge in [0.1, 0.15) is 5.03 Å². The molecule has 0 bridgehead atoms. The van der Waals surface area contributed by atoms with Crippen LogP contribution in [0.15, 0.2) is 40.4 Å². The lowest BCUT2D eigenvalue weighted by Gasteiger charge is -2.05. The fourth-order valence-corrected chi connectivity index (χ4v) is 2.13. The summed E-state index contributed by atoms with van der Waals surface area (Å²) in [5.74, 6) is -3.04. The molecule has 0 spiro atoms. The number of nitrogens with zero attached hydrogens (tertiary/aromatic N) is 1. The lowest BCUT2D eigenvalue weighted by atomic mass is 10.3. The van der Waals surface area contributed by atoms with Crippen molar-refractivity contribution in [3.63, 3.8) is 0 Å². The van der Waals surface area contributed by atoms with Gasteiger partial charge in [0.2, 0.25) is 0 Å². The minimum absolute atomic E-state index is 0.0351. The fourth-order valence-electron chi connectivity index (χ4n) is 1.32. The first-order valence-electron chi connectivity index (χ1n) is 5.09. The number of anilines is 1. The van der Waals surface area contributed by atoms with E-state index in [1.165, 1.54) is 12.1 Å². The number of nitrogen functional groups attached to an aromatic ring is 1. The summed E-state index contributed by atoms with van der Waals surface area (Å²) < 4.78 is 25.8. The van der Waals surface area contributed by atoms with E-state index >= 15 is 0 Å². The van der Waals surface area contributed by atoms with Gasteiger partial charge in [-0.3, -0.25) is 0 Å². The molecule has 1 aromatic heterocycles. The first kappa shape index (κ1) is 13.3. The number of pyridine rings is 1. The zero-order valence-electron chi connectivity index (χ0n) is 9.43. The summed E-state index contributed by atoms with van der Waals surface area (Å²) in [5.41, 5.74) is 5.79. The summed E-state index contributed by atoms with van der Waals surface area (Å²) in [6, 6.07) is 4.67. The predicted octanol–water partition coefficient (Wildman–Crippen LogP) is 2.79. The van der Waals surface area contributed by atoms with Crippen molar-refractivity contribution in [2.45, 2.75) is 9.92 Å². The summed E-state index contributed by atoms with van der Waals surface area (Å²) in [6.07, 6.45) is 1.15. The van der Waals surface area contributed by atoms with Crippen LogP contribution in [-0.4, -0.2) is 16.1 Å². The third-order valence-corrected chi connectivity index (χ3v) is 3.26. The van der Waals surface area contributed by atoms with E-state index in [2.05, 4.69) is 4.98 Å². The number of nitrogens with two attached hydrogens (primary N) is 1. The Kier molecular flexibility index (Phi) is 3.66. The Morgan fingerprint density at radius 3 is 2.58 bits per heavy atom. The fraction of sp³-hybridized carbons (Fsp3) is 0. The Bertz CT molecular complexity index is 650.